The second-order valence-corrected chi connectivity index (χ2v) is 10.2. The highest BCUT2D eigenvalue weighted by Gasteiger charge is 2.29. The average Bonchev–Trinajstić information content (AvgIpc) is 2.68. The Morgan fingerprint density at radius 2 is 0.885 bits per heavy atom. The lowest BCUT2D eigenvalue weighted by Gasteiger charge is -2.21. The largest absolute Gasteiger partial charge is 0.309 e. The van der Waals surface area contributed by atoms with Gasteiger partial charge in [0.05, 0.1) is 0 Å². The van der Waals surface area contributed by atoms with E-state index in [-0.39, 0.29) is 0 Å². The standard InChI is InChI=1S/C24H27OP/c1-18(2)20-10-14-23(15-11-20)26(25,22-8-6-5-7-9-22)24-16-12-21(13-17-24)19(3)4/h5-19H,1-4H3. The van der Waals surface area contributed by atoms with Gasteiger partial charge in [0.15, 0.2) is 7.14 Å². The Hall–Kier alpha value is -2.11. The summed E-state index contributed by atoms with van der Waals surface area (Å²) in [5.41, 5.74) is 2.53. The van der Waals surface area contributed by atoms with Gasteiger partial charge in [-0.25, -0.2) is 0 Å². The van der Waals surface area contributed by atoms with Gasteiger partial charge < -0.3 is 4.57 Å². The summed E-state index contributed by atoms with van der Waals surface area (Å²) >= 11 is 0. The first-order chi connectivity index (χ1) is 12.4. The summed E-state index contributed by atoms with van der Waals surface area (Å²) in [6.07, 6.45) is 0. The van der Waals surface area contributed by atoms with E-state index in [1.54, 1.807) is 0 Å². The molecule has 3 aromatic rings. The molecule has 0 aliphatic carbocycles. The van der Waals surface area contributed by atoms with Gasteiger partial charge >= 0.3 is 0 Å². The molecule has 0 saturated carbocycles. The maximum atomic E-state index is 14.4. The van der Waals surface area contributed by atoms with E-state index in [0.717, 1.165) is 15.9 Å². The molecular weight excluding hydrogens is 335 g/mol. The molecule has 0 saturated heterocycles. The maximum Gasteiger partial charge on any atom is 0.171 e. The third kappa shape index (κ3) is 3.55. The van der Waals surface area contributed by atoms with Crippen molar-refractivity contribution in [2.75, 3.05) is 0 Å². The Morgan fingerprint density at radius 1 is 0.538 bits per heavy atom. The summed E-state index contributed by atoms with van der Waals surface area (Å²) in [4.78, 5) is 0. The maximum absolute atomic E-state index is 14.4. The average molecular weight is 362 g/mol. The van der Waals surface area contributed by atoms with Crippen molar-refractivity contribution in [1.82, 2.24) is 0 Å². The molecule has 2 heteroatoms. The van der Waals surface area contributed by atoms with Gasteiger partial charge in [-0.3, -0.25) is 0 Å². The normalized spacial score (nSPS) is 11.9. The van der Waals surface area contributed by atoms with Gasteiger partial charge in [-0.1, -0.05) is 107 Å². The van der Waals surface area contributed by atoms with E-state index < -0.39 is 7.14 Å². The van der Waals surface area contributed by atoms with Crippen LogP contribution in [0.2, 0.25) is 0 Å². The third-order valence-electron chi connectivity index (χ3n) is 4.97. The van der Waals surface area contributed by atoms with E-state index in [9.17, 15) is 4.57 Å². The van der Waals surface area contributed by atoms with Crippen molar-refractivity contribution in [2.45, 2.75) is 39.5 Å². The van der Waals surface area contributed by atoms with Gasteiger partial charge in [0, 0.05) is 15.9 Å². The summed E-state index contributed by atoms with van der Waals surface area (Å²) in [6, 6.07) is 26.5. The molecule has 3 aromatic carbocycles. The smallest absolute Gasteiger partial charge is 0.171 e. The molecule has 0 bridgehead atoms. The molecule has 0 atom stereocenters. The van der Waals surface area contributed by atoms with Gasteiger partial charge in [0.25, 0.3) is 0 Å². The molecule has 0 amide bonds. The third-order valence-corrected chi connectivity index (χ3v) is 8.04. The topological polar surface area (TPSA) is 17.1 Å². The van der Waals surface area contributed by atoms with Crippen LogP contribution in [0, 0.1) is 0 Å². The lowest BCUT2D eigenvalue weighted by molar-refractivity contribution is 0.592. The molecule has 0 spiro atoms. The minimum absolute atomic E-state index is 0.463. The first-order valence-electron chi connectivity index (χ1n) is 9.29. The van der Waals surface area contributed by atoms with Crippen LogP contribution in [0.5, 0.6) is 0 Å². The highest BCUT2D eigenvalue weighted by atomic mass is 31.2. The van der Waals surface area contributed by atoms with Crippen LogP contribution in [0.15, 0.2) is 78.9 Å². The molecular formula is C24H27OP. The van der Waals surface area contributed by atoms with Crippen LogP contribution in [-0.2, 0) is 4.57 Å². The molecule has 134 valence electrons. The van der Waals surface area contributed by atoms with Crippen LogP contribution >= 0.6 is 7.14 Å². The highest BCUT2D eigenvalue weighted by molar-refractivity contribution is 7.85. The van der Waals surface area contributed by atoms with Gasteiger partial charge in [-0.2, -0.15) is 0 Å². The van der Waals surface area contributed by atoms with E-state index >= 15 is 0 Å². The summed E-state index contributed by atoms with van der Waals surface area (Å²) in [6.45, 7) is 8.71. The zero-order valence-electron chi connectivity index (χ0n) is 16.0. The van der Waals surface area contributed by atoms with E-state index in [1.165, 1.54) is 11.1 Å². The van der Waals surface area contributed by atoms with Crippen molar-refractivity contribution in [3.05, 3.63) is 90.0 Å². The molecule has 0 aromatic heterocycles. The predicted molar refractivity (Wildman–Crippen MR) is 114 cm³/mol. The zero-order valence-corrected chi connectivity index (χ0v) is 16.9. The highest BCUT2D eigenvalue weighted by Crippen LogP contribution is 2.42. The molecule has 0 radical (unpaired) electrons. The summed E-state index contributed by atoms with van der Waals surface area (Å²) in [5.74, 6) is 0.927. The Kier molecular flexibility index (Phi) is 5.49. The van der Waals surface area contributed by atoms with Crippen LogP contribution in [0.25, 0.3) is 0 Å². The summed E-state index contributed by atoms with van der Waals surface area (Å²) < 4.78 is 14.4. The molecule has 1 nitrogen and oxygen atoms in total. The van der Waals surface area contributed by atoms with E-state index in [4.69, 9.17) is 0 Å². The zero-order chi connectivity index (χ0) is 18.7. The number of hydrogen-bond acceptors (Lipinski definition) is 1. The van der Waals surface area contributed by atoms with Gasteiger partial charge in [-0.05, 0) is 23.0 Å². The molecule has 0 heterocycles. The minimum Gasteiger partial charge on any atom is -0.309 e. The lowest BCUT2D eigenvalue weighted by Crippen LogP contribution is -2.25. The molecule has 26 heavy (non-hydrogen) atoms. The Bertz CT molecular complexity index is 836. The van der Waals surface area contributed by atoms with Crippen molar-refractivity contribution in [1.29, 1.82) is 0 Å². The fourth-order valence-electron chi connectivity index (χ4n) is 3.22. The van der Waals surface area contributed by atoms with Crippen LogP contribution in [0.4, 0.5) is 0 Å². The van der Waals surface area contributed by atoms with Gasteiger partial charge in [0.2, 0.25) is 0 Å². The van der Waals surface area contributed by atoms with Crippen LogP contribution in [0.3, 0.4) is 0 Å². The van der Waals surface area contributed by atoms with Crippen molar-refractivity contribution >= 4 is 23.1 Å². The van der Waals surface area contributed by atoms with Crippen molar-refractivity contribution in [2.24, 2.45) is 0 Å². The van der Waals surface area contributed by atoms with Crippen LogP contribution in [0.1, 0.15) is 50.7 Å². The Labute approximate surface area is 157 Å². The minimum atomic E-state index is -2.88. The molecule has 3 rings (SSSR count). The van der Waals surface area contributed by atoms with Crippen molar-refractivity contribution in [3.8, 4) is 0 Å². The van der Waals surface area contributed by atoms with E-state index in [1.807, 2.05) is 54.6 Å². The summed E-state index contributed by atoms with van der Waals surface area (Å²) in [7, 11) is -2.88. The lowest BCUT2D eigenvalue weighted by atomic mass is 10.0. The van der Waals surface area contributed by atoms with E-state index in [2.05, 4.69) is 52.0 Å². The number of rotatable bonds is 5. The Morgan fingerprint density at radius 3 is 1.23 bits per heavy atom. The fraction of sp³-hybridized carbons (Fsp3) is 0.250. The molecule has 0 N–H and O–H groups in total. The monoisotopic (exact) mass is 362 g/mol. The Balaban J connectivity index is 2.16. The van der Waals surface area contributed by atoms with Gasteiger partial charge in [0.1, 0.15) is 0 Å². The van der Waals surface area contributed by atoms with Crippen molar-refractivity contribution < 1.29 is 4.57 Å². The predicted octanol–water partition coefficient (Wildman–Crippen LogP) is 5.57. The van der Waals surface area contributed by atoms with E-state index in [0.29, 0.717) is 11.8 Å². The first-order valence-corrected chi connectivity index (χ1v) is 11.0. The molecule has 0 fully saturated rings. The first kappa shape index (κ1) is 18.7. The summed E-state index contributed by atoms with van der Waals surface area (Å²) in [5, 5.41) is 2.67. The molecule has 0 unspecified atom stereocenters. The second kappa shape index (κ2) is 7.64. The quantitative estimate of drug-likeness (QED) is 0.542. The number of hydrogen-bond donors (Lipinski definition) is 0. The molecule has 0 aliphatic heterocycles. The van der Waals surface area contributed by atoms with Crippen molar-refractivity contribution in [3.63, 3.8) is 0 Å². The second-order valence-electron chi connectivity index (χ2n) is 7.44. The van der Waals surface area contributed by atoms with Crippen LogP contribution < -0.4 is 15.9 Å². The SMILES string of the molecule is CC(C)c1ccc(P(=O)(c2ccccc2)c2ccc(C(C)C)cc2)cc1. The fourth-order valence-corrected chi connectivity index (χ4v) is 5.85. The number of benzene rings is 3. The van der Waals surface area contributed by atoms with Crippen LogP contribution in [-0.4, -0.2) is 0 Å². The van der Waals surface area contributed by atoms with Gasteiger partial charge in [-0.15, -0.1) is 0 Å². The molecule has 0 aliphatic rings.